The Balaban J connectivity index is 2.28. The summed E-state index contributed by atoms with van der Waals surface area (Å²) in [6.07, 6.45) is 4.44. The maximum absolute atomic E-state index is 5.69. The summed E-state index contributed by atoms with van der Waals surface area (Å²) < 4.78 is 5.13. The van der Waals surface area contributed by atoms with Crippen LogP contribution < -0.4 is 11.3 Å². The van der Waals surface area contributed by atoms with Gasteiger partial charge in [0.1, 0.15) is 0 Å². The highest BCUT2D eigenvalue weighted by Crippen LogP contribution is 2.33. The largest absolute Gasteiger partial charge is 0.472 e. The average Bonchev–Trinajstić information content (AvgIpc) is 2.90. The van der Waals surface area contributed by atoms with Crippen molar-refractivity contribution in [2.45, 2.75) is 25.3 Å². The monoisotopic (exact) mass is 230 g/mol. The molecule has 0 bridgehead atoms. The minimum atomic E-state index is 0.0844. The summed E-state index contributed by atoms with van der Waals surface area (Å²) in [6.45, 7) is 2.17. The lowest BCUT2D eigenvalue weighted by molar-refractivity contribution is 0.439. The molecular formula is C14H18N2O. The fourth-order valence-electron chi connectivity index (χ4n) is 2.26. The minimum Gasteiger partial charge on any atom is -0.472 e. The number of furan rings is 1. The molecule has 2 aromatic rings. The first kappa shape index (κ1) is 11.9. The number of nitrogens with one attached hydrogen (secondary N) is 1. The van der Waals surface area contributed by atoms with Crippen molar-refractivity contribution < 1.29 is 4.42 Å². The molecule has 3 N–H and O–H groups in total. The Hall–Kier alpha value is -1.58. The Labute approximate surface area is 102 Å². The Bertz CT molecular complexity index is 425. The molecule has 0 amide bonds. The van der Waals surface area contributed by atoms with Crippen molar-refractivity contribution in [2.24, 2.45) is 5.84 Å². The second kappa shape index (κ2) is 5.66. The zero-order chi connectivity index (χ0) is 12.1. The third-order valence-electron chi connectivity index (χ3n) is 3.15. The quantitative estimate of drug-likeness (QED) is 0.613. The highest BCUT2D eigenvalue weighted by atomic mass is 16.3. The Morgan fingerprint density at radius 2 is 1.94 bits per heavy atom. The average molecular weight is 230 g/mol. The molecule has 0 radical (unpaired) electrons. The van der Waals surface area contributed by atoms with Gasteiger partial charge in [-0.2, -0.15) is 0 Å². The molecule has 0 spiro atoms. The third kappa shape index (κ3) is 2.57. The maximum Gasteiger partial charge on any atom is 0.0951 e. The standard InChI is InChI=1S/C14H18N2O/c1-2-13(11-6-4-3-5-7-11)14(16-15)12-8-9-17-10-12/h3-10,13-14,16H,2,15H2,1H3. The van der Waals surface area contributed by atoms with Crippen LogP contribution in [-0.4, -0.2) is 0 Å². The molecule has 0 saturated heterocycles. The molecule has 1 aromatic heterocycles. The van der Waals surface area contributed by atoms with Crippen LogP contribution in [0.1, 0.15) is 36.4 Å². The highest BCUT2D eigenvalue weighted by Gasteiger charge is 2.22. The van der Waals surface area contributed by atoms with Crippen LogP contribution in [0.3, 0.4) is 0 Å². The van der Waals surface area contributed by atoms with Crippen LogP contribution in [0.5, 0.6) is 0 Å². The Morgan fingerprint density at radius 3 is 2.47 bits per heavy atom. The molecular weight excluding hydrogens is 212 g/mol. The molecule has 3 nitrogen and oxygen atoms in total. The van der Waals surface area contributed by atoms with E-state index in [4.69, 9.17) is 10.3 Å². The third-order valence-corrected chi connectivity index (χ3v) is 3.15. The molecule has 0 aliphatic rings. The van der Waals surface area contributed by atoms with E-state index in [-0.39, 0.29) is 6.04 Å². The fraction of sp³-hybridized carbons (Fsp3) is 0.286. The van der Waals surface area contributed by atoms with E-state index in [1.54, 1.807) is 12.5 Å². The summed E-state index contributed by atoms with van der Waals surface area (Å²) in [5, 5.41) is 0. The predicted octanol–water partition coefficient (Wildman–Crippen LogP) is 2.98. The normalized spacial score (nSPS) is 14.5. The lowest BCUT2D eigenvalue weighted by Gasteiger charge is -2.25. The second-order valence-electron chi connectivity index (χ2n) is 4.13. The van der Waals surface area contributed by atoms with Gasteiger partial charge in [0.05, 0.1) is 18.6 Å². The first-order chi connectivity index (χ1) is 8.36. The van der Waals surface area contributed by atoms with Gasteiger partial charge in [-0.1, -0.05) is 37.3 Å². The van der Waals surface area contributed by atoms with Crippen molar-refractivity contribution >= 4 is 0 Å². The van der Waals surface area contributed by atoms with E-state index in [1.807, 2.05) is 12.1 Å². The number of hydrogen-bond donors (Lipinski definition) is 2. The molecule has 1 aromatic carbocycles. The van der Waals surface area contributed by atoms with Gasteiger partial charge in [0.25, 0.3) is 0 Å². The molecule has 3 heteroatoms. The van der Waals surface area contributed by atoms with Crippen LogP contribution in [0.25, 0.3) is 0 Å². The molecule has 2 rings (SSSR count). The number of rotatable bonds is 5. The van der Waals surface area contributed by atoms with Crippen molar-refractivity contribution in [1.82, 2.24) is 5.43 Å². The zero-order valence-corrected chi connectivity index (χ0v) is 9.97. The van der Waals surface area contributed by atoms with E-state index >= 15 is 0 Å². The van der Waals surface area contributed by atoms with E-state index in [1.165, 1.54) is 5.56 Å². The van der Waals surface area contributed by atoms with Crippen LogP contribution in [0.4, 0.5) is 0 Å². The highest BCUT2D eigenvalue weighted by molar-refractivity contribution is 5.25. The Morgan fingerprint density at radius 1 is 1.18 bits per heavy atom. The predicted molar refractivity (Wildman–Crippen MR) is 68.2 cm³/mol. The van der Waals surface area contributed by atoms with Crippen LogP contribution >= 0.6 is 0 Å². The molecule has 17 heavy (non-hydrogen) atoms. The van der Waals surface area contributed by atoms with Gasteiger partial charge in [-0.3, -0.25) is 11.3 Å². The van der Waals surface area contributed by atoms with Crippen LogP contribution in [0, 0.1) is 0 Å². The summed E-state index contributed by atoms with van der Waals surface area (Å²) in [5.74, 6) is 6.03. The van der Waals surface area contributed by atoms with Gasteiger partial charge < -0.3 is 4.42 Å². The topological polar surface area (TPSA) is 51.2 Å². The number of benzene rings is 1. The summed E-state index contributed by atoms with van der Waals surface area (Å²) >= 11 is 0. The van der Waals surface area contributed by atoms with Gasteiger partial charge in [-0.05, 0) is 18.1 Å². The zero-order valence-electron chi connectivity index (χ0n) is 9.97. The van der Waals surface area contributed by atoms with E-state index in [2.05, 4.69) is 36.6 Å². The fourth-order valence-corrected chi connectivity index (χ4v) is 2.26. The summed E-state index contributed by atoms with van der Waals surface area (Å²) in [7, 11) is 0. The first-order valence-corrected chi connectivity index (χ1v) is 5.90. The van der Waals surface area contributed by atoms with E-state index in [0.29, 0.717) is 5.92 Å². The summed E-state index contributed by atoms with van der Waals surface area (Å²) in [4.78, 5) is 0. The molecule has 0 aliphatic heterocycles. The van der Waals surface area contributed by atoms with E-state index in [9.17, 15) is 0 Å². The molecule has 90 valence electrons. The summed E-state index contributed by atoms with van der Waals surface area (Å²) in [6, 6.07) is 12.5. The molecule has 2 atom stereocenters. The van der Waals surface area contributed by atoms with Crippen LogP contribution in [0.15, 0.2) is 53.3 Å². The minimum absolute atomic E-state index is 0.0844. The van der Waals surface area contributed by atoms with E-state index in [0.717, 1.165) is 12.0 Å². The molecule has 0 saturated carbocycles. The van der Waals surface area contributed by atoms with Crippen molar-refractivity contribution in [3.05, 3.63) is 60.1 Å². The summed E-state index contributed by atoms with van der Waals surface area (Å²) in [5.41, 5.74) is 5.27. The first-order valence-electron chi connectivity index (χ1n) is 5.90. The lowest BCUT2D eigenvalue weighted by atomic mass is 9.86. The van der Waals surface area contributed by atoms with E-state index < -0.39 is 0 Å². The number of hydrazine groups is 1. The molecule has 0 fully saturated rings. The van der Waals surface area contributed by atoms with Crippen molar-refractivity contribution in [3.63, 3.8) is 0 Å². The van der Waals surface area contributed by atoms with Gasteiger partial charge >= 0.3 is 0 Å². The maximum atomic E-state index is 5.69. The van der Waals surface area contributed by atoms with Crippen LogP contribution in [0.2, 0.25) is 0 Å². The number of nitrogens with two attached hydrogens (primary N) is 1. The second-order valence-corrected chi connectivity index (χ2v) is 4.13. The van der Waals surface area contributed by atoms with Crippen molar-refractivity contribution in [1.29, 1.82) is 0 Å². The van der Waals surface area contributed by atoms with Gasteiger partial charge in [0, 0.05) is 11.5 Å². The van der Waals surface area contributed by atoms with Crippen molar-refractivity contribution in [2.75, 3.05) is 0 Å². The number of hydrogen-bond acceptors (Lipinski definition) is 3. The Kier molecular flexibility index (Phi) is 3.96. The van der Waals surface area contributed by atoms with Crippen molar-refractivity contribution in [3.8, 4) is 0 Å². The van der Waals surface area contributed by atoms with Gasteiger partial charge in [-0.15, -0.1) is 0 Å². The molecule has 0 aliphatic carbocycles. The molecule has 1 heterocycles. The van der Waals surface area contributed by atoms with Gasteiger partial charge in [0.15, 0.2) is 0 Å². The lowest BCUT2D eigenvalue weighted by Crippen LogP contribution is -2.32. The molecule has 2 unspecified atom stereocenters. The van der Waals surface area contributed by atoms with Gasteiger partial charge in [-0.25, -0.2) is 0 Å². The van der Waals surface area contributed by atoms with Gasteiger partial charge in [0.2, 0.25) is 0 Å². The smallest absolute Gasteiger partial charge is 0.0951 e. The SMILES string of the molecule is CCC(c1ccccc1)C(NN)c1ccoc1. The van der Waals surface area contributed by atoms with Crippen LogP contribution in [-0.2, 0) is 0 Å².